The zero-order valence-electron chi connectivity index (χ0n) is 10.6. The summed E-state index contributed by atoms with van der Waals surface area (Å²) >= 11 is 2.16. The van der Waals surface area contributed by atoms with Gasteiger partial charge < -0.3 is 10.5 Å². The average Bonchev–Trinajstić information content (AvgIpc) is 2.76. The zero-order chi connectivity index (χ0) is 14.7. The molecule has 2 rings (SSSR count). The molecule has 0 unspecified atom stereocenters. The van der Waals surface area contributed by atoms with Crippen LogP contribution in [-0.2, 0) is 4.74 Å². The summed E-state index contributed by atoms with van der Waals surface area (Å²) in [6.07, 6.45) is 0. The lowest BCUT2D eigenvalue weighted by atomic mass is 10.2. The molecule has 1 heterocycles. The highest BCUT2D eigenvalue weighted by Gasteiger charge is 2.23. The molecule has 0 radical (unpaired) electrons. The molecule has 1 aromatic heterocycles. The third-order valence-electron chi connectivity index (χ3n) is 2.55. The molecular formula is C13H11IN4O2. The highest BCUT2D eigenvalue weighted by molar-refractivity contribution is 14.1. The molecule has 0 atom stereocenters. The fourth-order valence-electron chi connectivity index (χ4n) is 1.69. The van der Waals surface area contributed by atoms with Crippen LogP contribution >= 0.6 is 22.6 Å². The molecule has 0 fully saturated rings. The van der Waals surface area contributed by atoms with Crippen molar-refractivity contribution in [1.29, 1.82) is 5.26 Å². The molecule has 0 aliphatic carbocycles. The van der Waals surface area contributed by atoms with Gasteiger partial charge in [0.2, 0.25) is 0 Å². The fraction of sp³-hybridized carbons (Fsp3) is 0.154. The molecule has 6 nitrogen and oxygen atoms in total. The van der Waals surface area contributed by atoms with E-state index in [9.17, 15) is 4.79 Å². The van der Waals surface area contributed by atoms with Crippen LogP contribution in [0.4, 0.5) is 5.82 Å². The number of hydrogen-bond donors (Lipinski definition) is 1. The zero-order valence-corrected chi connectivity index (χ0v) is 12.8. The van der Waals surface area contributed by atoms with Crippen molar-refractivity contribution in [2.45, 2.75) is 6.92 Å². The van der Waals surface area contributed by atoms with Gasteiger partial charge in [-0.3, -0.25) is 0 Å². The summed E-state index contributed by atoms with van der Waals surface area (Å²) in [6.45, 7) is 1.89. The summed E-state index contributed by atoms with van der Waals surface area (Å²) in [4.78, 5) is 11.8. The highest BCUT2D eigenvalue weighted by Crippen LogP contribution is 2.22. The number of hydrogen-bond acceptors (Lipinski definition) is 5. The molecule has 0 amide bonds. The van der Waals surface area contributed by atoms with Gasteiger partial charge in [-0.25, -0.2) is 9.48 Å². The van der Waals surface area contributed by atoms with Gasteiger partial charge in [0.25, 0.3) is 0 Å². The topological polar surface area (TPSA) is 93.9 Å². The average molecular weight is 382 g/mol. The lowest BCUT2D eigenvalue weighted by Gasteiger charge is -2.03. The Hall–Kier alpha value is -2.08. The van der Waals surface area contributed by atoms with Crippen molar-refractivity contribution in [2.24, 2.45) is 0 Å². The standard InChI is InChI=1S/C13H11IN4O2/c1-2-20-13(19)11-10(7-15)12(16)18(17-11)9-5-3-4-8(14)6-9/h3-6H,2,16H2,1H3. The number of aromatic nitrogens is 2. The molecule has 0 spiro atoms. The smallest absolute Gasteiger partial charge is 0.360 e. The number of rotatable bonds is 3. The number of nitrogens with two attached hydrogens (primary N) is 1. The van der Waals surface area contributed by atoms with Gasteiger partial charge in [-0.2, -0.15) is 10.4 Å². The van der Waals surface area contributed by atoms with E-state index in [0.717, 1.165) is 3.57 Å². The van der Waals surface area contributed by atoms with Crippen LogP contribution in [0, 0.1) is 14.9 Å². The van der Waals surface area contributed by atoms with E-state index in [2.05, 4.69) is 27.7 Å². The Balaban J connectivity index is 2.57. The Labute approximate surface area is 129 Å². The van der Waals surface area contributed by atoms with Gasteiger partial charge >= 0.3 is 5.97 Å². The van der Waals surface area contributed by atoms with Crippen molar-refractivity contribution in [3.8, 4) is 11.8 Å². The molecule has 0 saturated carbocycles. The first-order valence-electron chi connectivity index (χ1n) is 5.80. The summed E-state index contributed by atoms with van der Waals surface area (Å²) in [7, 11) is 0. The minimum Gasteiger partial charge on any atom is -0.461 e. The van der Waals surface area contributed by atoms with E-state index in [0.29, 0.717) is 5.69 Å². The number of nitrogens with zero attached hydrogens (tertiary/aromatic N) is 3. The van der Waals surface area contributed by atoms with E-state index in [1.807, 2.05) is 24.3 Å². The van der Waals surface area contributed by atoms with Gasteiger partial charge in [-0.1, -0.05) is 6.07 Å². The minimum absolute atomic E-state index is 0.0299. The molecule has 20 heavy (non-hydrogen) atoms. The van der Waals surface area contributed by atoms with Crippen LogP contribution in [0.3, 0.4) is 0 Å². The molecule has 1 aromatic carbocycles. The quantitative estimate of drug-likeness (QED) is 0.648. The van der Waals surface area contributed by atoms with Gasteiger partial charge in [0, 0.05) is 3.57 Å². The number of carbonyl (C=O) groups is 1. The summed E-state index contributed by atoms with van der Waals surface area (Å²) in [5.41, 5.74) is 6.55. The molecule has 2 aromatic rings. The van der Waals surface area contributed by atoms with Crippen LogP contribution in [-0.4, -0.2) is 22.4 Å². The first-order chi connectivity index (χ1) is 9.58. The Morgan fingerprint density at radius 3 is 2.95 bits per heavy atom. The van der Waals surface area contributed by atoms with Crippen molar-refractivity contribution in [3.05, 3.63) is 39.1 Å². The second-order valence-corrected chi connectivity index (χ2v) is 5.08. The SMILES string of the molecule is CCOC(=O)c1nn(-c2cccc(I)c2)c(N)c1C#N. The van der Waals surface area contributed by atoms with Gasteiger partial charge in [0.15, 0.2) is 5.69 Å². The molecular weight excluding hydrogens is 371 g/mol. The molecule has 0 aliphatic heterocycles. The van der Waals surface area contributed by atoms with Gasteiger partial charge in [-0.05, 0) is 47.7 Å². The van der Waals surface area contributed by atoms with Crippen LogP contribution in [0.2, 0.25) is 0 Å². The number of benzene rings is 1. The lowest BCUT2D eigenvalue weighted by molar-refractivity contribution is 0.0518. The Bertz CT molecular complexity index is 703. The Morgan fingerprint density at radius 1 is 1.60 bits per heavy atom. The predicted molar refractivity (Wildman–Crippen MR) is 81.4 cm³/mol. The second-order valence-electron chi connectivity index (χ2n) is 3.83. The van der Waals surface area contributed by atoms with Crippen LogP contribution in [0.25, 0.3) is 5.69 Å². The van der Waals surface area contributed by atoms with E-state index in [1.54, 1.807) is 13.0 Å². The number of halogens is 1. The van der Waals surface area contributed by atoms with Crippen molar-refractivity contribution in [2.75, 3.05) is 12.3 Å². The van der Waals surface area contributed by atoms with E-state index in [4.69, 9.17) is 15.7 Å². The molecule has 0 saturated heterocycles. The monoisotopic (exact) mass is 382 g/mol. The van der Waals surface area contributed by atoms with Crippen molar-refractivity contribution >= 4 is 34.4 Å². The number of nitrogen functional groups attached to an aromatic ring is 1. The van der Waals surface area contributed by atoms with Crippen LogP contribution in [0.5, 0.6) is 0 Å². The summed E-state index contributed by atoms with van der Waals surface area (Å²) in [6, 6.07) is 9.30. The van der Waals surface area contributed by atoms with Crippen LogP contribution in [0.15, 0.2) is 24.3 Å². The maximum Gasteiger partial charge on any atom is 0.360 e. The van der Waals surface area contributed by atoms with Crippen molar-refractivity contribution < 1.29 is 9.53 Å². The summed E-state index contributed by atoms with van der Waals surface area (Å²) < 4.78 is 7.24. The van der Waals surface area contributed by atoms with Crippen molar-refractivity contribution in [1.82, 2.24) is 9.78 Å². The Kier molecular flexibility index (Phi) is 4.24. The van der Waals surface area contributed by atoms with E-state index < -0.39 is 5.97 Å². The van der Waals surface area contributed by atoms with E-state index in [1.165, 1.54) is 4.68 Å². The van der Waals surface area contributed by atoms with Crippen LogP contribution in [0.1, 0.15) is 23.0 Å². The third-order valence-corrected chi connectivity index (χ3v) is 3.23. The van der Waals surface area contributed by atoms with Gasteiger partial charge in [-0.15, -0.1) is 0 Å². The molecule has 7 heteroatoms. The summed E-state index contributed by atoms with van der Waals surface area (Å²) in [5, 5.41) is 13.2. The lowest BCUT2D eigenvalue weighted by Crippen LogP contribution is -2.08. The molecule has 2 N–H and O–H groups in total. The largest absolute Gasteiger partial charge is 0.461 e. The van der Waals surface area contributed by atoms with Gasteiger partial charge in [0.1, 0.15) is 17.5 Å². The van der Waals surface area contributed by atoms with Gasteiger partial charge in [0.05, 0.1) is 12.3 Å². The normalized spacial score (nSPS) is 10.1. The molecule has 102 valence electrons. The summed E-state index contributed by atoms with van der Waals surface area (Å²) in [5.74, 6) is -0.530. The number of esters is 1. The highest BCUT2D eigenvalue weighted by atomic mass is 127. The fourth-order valence-corrected chi connectivity index (χ4v) is 2.21. The van der Waals surface area contributed by atoms with Crippen molar-refractivity contribution in [3.63, 3.8) is 0 Å². The van der Waals surface area contributed by atoms with E-state index >= 15 is 0 Å². The van der Waals surface area contributed by atoms with E-state index in [-0.39, 0.29) is 23.7 Å². The molecule has 0 bridgehead atoms. The second kappa shape index (κ2) is 5.92. The number of nitriles is 1. The molecule has 0 aliphatic rings. The Morgan fingerprint density at radius 2 is 2.35 bits per heavy atom. The first-order valence-corrected chi connectivity index (χ1v) is 6.88. The third kappa shape index (κ3) is 2.60. The maximum atomic E-state index is 11.8. The number of ether oxygens (including phenoxy) is 1. The number of carbonyl (C=O) groups excluding carboxylic acids is 1. The van der Waals surface area contributed by atoms with Crippen LogP contribution < -0.4 is 5.73 Å². The minimum atomic E-state index is -0.653. The number of anilines is 1. The first kappa shape index (κ1) is 14.3. The predicted octanol–water partition coefficient (Wildman–Crippen LogP) is 2.11. The maximum absolute atomic E-state index is 11.8.